The van der Waals surface area contributed by atoms with Crippen LogP contribution in [-0.4, -0.2) is 14.4 Å². The maximum atomic E-state index is 6.56. The number of rotatable bonds is 4. The quantitative estimate of drug-likeness (QED) is 0.590. The zero-order valence-corrected chi connectivity index (χ0v) is 14.7. The molecule has 0 spiro atoms. The lowest BCUT2D eigenvalue weighted by molar-refractivity contribution is 0.0643. The first kappa shape index (κ1) is 16.2. The van der Waals surface area contributed by atoms with Gasteiger partial charge in [-0.05, 0) is 49.2 Å². The van der Waals surface area contributed by atoms with Crippen LogP contribution >= 0.6 is 0 Å². The minimum absolute atomic E-state index is 0.344. The Labute approximate surface area is 116 Å². The molecule has 0 bridgehead atoms. The molecule has 0 N–H and O–H groups in total. The predicted molar refractivity (Wildman–Crippen MR) is 83.6 cm³/mol. The van der Waals surface area contributed by atoms with Gasteiger partial charge in [0.2, 0.25) is 0 Å². The van der Waals surface area contributed by atoms with E-state index < -0.39 is 8.32 Å². The summed E-state index contributed by atoms with van der Waals surface area (Å²) in [4.78, 5) is 0. The normalized spacial score (nSPS) is 22.2. The van der Waals surface area contributed by atoms with Crippen LogP contribution in [0, 0.1) is 5.41 Å². The van der Waals surface area contributed by atoms with E-state index in [4.69, 9.17) is 4.43 Å². The van der Waals surface area contributed by atoms with Crippen molar-refractivity contribution in [1.82, 2.24) is 0 Å². The Balaban J connectivity index is 2.55. The Morgan fingerprint density at radius 1 is 1.06 bits per heavy atom. The van der Waals surface area contributed by atoms with E-state index in [0.29, 0.717) is 16.6 Å². The van der Waals surface area contributed by atoms with Crippen molar-refractivity contribution < 1.29 is 4.43 Å². The topological polar surface area (TPSA) is 9.23 Å². The lowest BCUT2D eigenvalue weighted by Crippen LogP contribution is -2.45. The molecule has 0 aliphatic heterocycles. The van der Waals surface area contributed by atoms with E-state index in [1.807, 2.05) is 0 Å². The van der Waals surface area contributed by atoms with Gasteiger partial charge in [-0.15, -0.1) is 0 Å². The Morgan fingerprint density at radius 2 is 1.50 bits per heavy atom. The van der Waals surface area contributed by atoms with Crippen molar-refractivity contribution in [2.75, 3.05) is 0 Å². The first-order chi connectivity index (χ1) is 8.16. The van der Waals surface area contributed by atoms with Crippen LogP contribution in [0.2, 0.25) is 18.1 Å². The van der Waals surface area contributed by atoms with Crippen molar-refractivity contribution in [3.63, 3.8) is 0 Å². The molecule has 0 aromatic carbocycles. The second-order valence-electron chi connectivity index (χ2n) is 7.78. The maximum Gasteiger partial charge on any atom is 0.192 e. The van der Waals surface area contributed by atoms with Gasteiger partial charge in [0.05, 0.1) is 0 Å². The van der Waals surface area contributed by atoms with Gasteiger partial charge in [0.15, 0.2) is 8.32 Å². The fourth-order valence-corrected chi connectivity index (χ4v) is 4.29. The molecule has 1 nitrogen and oxygen atoms in total. The molecule has 1 rings (SSSR count). The summed E-state index contributed by atoms with van der Waals surface area (Å²) in [5.74, 6) is 0. The van der Waals surface area contributed by atoms with Gasteiger partial charge in [-0.1, -0.05) is 47.5 Å². The molecular formula is C16H34OSi. The van der Waals surface area contributed by atoms with Crippen molar-refractivity contribution in [3.8, 4) is 0 Å². The van der Waals surface area contributed by atoms with Crippen molar-refractivity contribution in [3.05, 3.63) is 0 Å². The van der Waals surface area contributed by atoms with Crippen LogP contribution in [0.5, 0.6) is 0 Å². The maximum absolute atomic E-state index is 6.56. The summed E-state index contributed by atoms with van der Waals surface area (Å²) in [6.45, 7) is 16.5. The molecule has 2 heteroatoms. The molecule has 0 heterocycles. The number of hydrogen-bond donors (Lipinski definition) is 0. The molecular weight excluding hydrogens is 236 g/mol. The Morgan fingerprint density at radius 3 is 1.83 bits per heavy atom. The highest BCUT2D eigenvalue weighted by molar-refractivity contribution is 6.74. The third-order valence-corrected chi connectivity index (χ3v) is 10.3. The number of hydrogen-bond acceptors (Lipinski definition) is 1. The SMILES string of the molecule is CCC1(CC)CCC(O[Si](C)(C)C(C)(C)C)CC1. The van der Waals surface area contributed by atoms with E-state index in [2.05, 4.69) is 47.7 Å². The second kappa shape index (κ2) is 5.66. The van der Waals surface area contributed by atoms with Gasteiger partial charge in [-0.2, -0.15) is 0 Å². The van der Waals surface area contributed by atoms with E-state index in [1.54, 1.807) is 0 Å². The smallest absolute Gasteiger partial charge is 0.192 e. The zero-order chi connectivity index (χ0) is 14.0. The largest absolute Gasteiger partial charge is 0.414 e. The third-order valence-electron chi connectivity index (χ3n) is 5.76. The highest BCUT2D eigenvalue weighted by Crippen LogP contribution is 2.45. The predicted octanol–water partition coefficient (Wildman–Crippen LogP) is 5.76. The lowest BCUT2D eigenvalue weighted by atomic mass is 9.70. The van der Waals surface area contributed by atoms with Crippen LogP contribution in [0.15, 0.2) is 0 Å². The van der Waals surface area contributed by atoms with Gasteiger partial charge in [-0.25, -0.2) is 0 Å². The highest BCUT2D eigenvalue weighted by atomic mass is 28.4. The first-order valence-electron chi connectivity index (χ1n) is 7.83. The van der Waals surface area contributed by atoms with Crippen LogP contribution in [0.1, 0.15) is 73.1 Å². The van der Waals surface area contributed by atoms with Crippen molar-refractivity contribution in [1.29, 1.82) is 0 Å². The van der Waals surface area contributed by atoms with Crippen molar-refractivity contribution in [2.24, 2.45) is 5.41 Å². The van der Waals surface area contributed by atoms with Crippen LogP contribution in [0.4, 0.5) is 0 Å². The van der Waals surface area contributed by atoms with Crippen molar-refractivity contribution >= 4 is 8.32 Å². The zero-order valence-electron chi connectivity index (χ0n) is 13.7. The summed E-state index contributed by atoms with van der Waals surface area (Å²) in [5.41, 5.74) is 0.632. The molecule has 1 saturated carbocycles. The van der Waals surface area contributed by atoms with Crippen molar-refractivity contribution in [2.45, 2.75) is 97.4 Å². The third kappa shape index (κ3) is 3.60. The fraction of sp³-hybridized carbons (Fsp3) is 1.00. The van der Waals surface area contributed by atoms with Crippen LogP contribution < -0.4 is 0 Å². The summed E-state index contributed by atoms with van der Waals surface area (Å²) in [6.07, 6.45) is 8.55. The van der Waals surface area contributed by atoms with Crippen LogP contribution in [-0.2, 0) is 4.43 Å². The molecule has 108 valence electrons. The van der Waals surface area contributed by atoms with Gasteiger partial charge < -0.3 is 4.43 Å². The standard InChI is InChI=1S/C16H34OSi/c1-8-16(9-2)12-10-14(11-13-16)17-18(6,7)15(3,4)5/h14H,8-13H2,1-7H3. The molecule has 0 aromatic rings. The van der Waals surface area contributed by atoms with Gasteiger partial charge >= 0.3 is 0 Å². The molecule has 0 amide bonds. The second-order valence-corrected chi connectivity index (χ2v) is 12.5. The molecule has 1 aliphatic rings. The van der Waals surface area contributed by atoms with Crippen LogP contribution in [0.25, 0.3) is 0 Å². The molecule has 0 aromatic heterocycles. The molecule has 0 radical (unpaired) electrons. The van der Waals surface area contributed by atoms with E-state index in [1.165, 1.54) is 38.5 Å². The fourth-order valence-electron chi connectivity index (χ4n) is 2.87. The average molecular weight is 271 g/mol. The van der Waals surface area contributed by atoms with E-state index >= 15 is 0 Å². The van der Waals surface area contributed by atoms with E-state index in [-0.39, 0.29) is 0 Å². The molecule has 0 saturated heterocycles. The van der Waals surface area contributed by atoms with Crippen LogP contribution in [0.3, 0.4) is 0 Å². The minimum atomic E-state index is -1.56. The van der Waals surface area contributed by atoms with Gasteiger partial charge in [-0.3, -0.25) is 0 Å². The summed E-state index contributed by atoms with van der Waals surface area (Å²) < 4.78 is 6.56. The molecule has 18 heavy (non-hydrogen) atoms. The monoisotopic (exact) mass is 270 g/mol. The van der Waals surface area contributed by atoms with Gasteiger partial charge in [0.25, 0.3) is 0 Å². The minimum Gasteiger partial charge on any atom is -0.414 e. The van der Waals surface area contributed by atoms with Gasteiger partial charge in [0.1, 0.15) is 0 Å². The first-order valence-corrected chi connectivity index (χ1v) is 10.7. The molecule has 0 atom stereocenters. The summed E-state index contributed by atoms with van der Waals surface area (Å²) >= 11 is 0. The van der Waals surface area contributed by atoms with E-state index in [9.17, 15) is 0 Å². The molecule has 1 fully saturated rings. The highest BCUT2D eigenvalue weighted by Gasteiger charge is 2.41. The van der Waals surface area contributed by atoms with E-state index in [0.717, 1.165) is 0 Å². The summed E-state index contributed by atoms with van der Waals surface area (Å²) in [6, 6.07) is 0. The summed E-state index contributed by atoms with van der Waals surface area (Å²) in [5, 5.41) is 0.344. The average Bonchev–Trinajstić information content (AvgIpc) is 2.29. The lowest BCUT2D eigenvalue weighted by Gasteiger charge is -2.44. The molecule has 1 aliphatic carbocycles. The van der Waals surface area contributed by atoms with Gasteiger partial charge in [0, 0.05) is 6.10 Å². The molecule has 0 unspecified atom stereocenters. The summed E-state index contributed by atoms with van der Waals surface area (Å²) in [7, 11) is -1.56. The Hall–Kier alpha value is 0.177. The Bertz CT molecular complexity index is 251. The Kier molecular flexibility index (Phi) is 5.11.